The molecule has 0 spiro atoms. The van der Waals surface area contributed by atoms with Crippen LogP contribution in [0.15, 0.2) is 42.5 Å². The highest BCUT2D eigenvalue weighted by Crippen LogP contribution is 2.49. The molecule has 0 unspecified atom stereocenters. The zero-order valence-electron chi connectivity index (χ0n) is 13.1. The quantitative estimate of drug-likeness (QED) is 0.893. The predicted octanol–water partition coefficient (Wildman–Crippen LogP) is 4.39. The van der Waals surface area contributed by atoms with Gasteiger partial charge in [-0.3, -0.25) is 4.79 Å². The van der Waals surface area contributed by atoms with Crippen LogP contribution >= 0.6 is 0 Å². The molecule has 1 N–H and O–H groups in total. The SMILES string of the molecule is C[C@@H](NC(=O)c1cccc2ccccc12)[C@@H]1C[C@H]2CC[C@H]1C2. The van der Waals surface area contributed by atoms with Gasteiger partial charge in [-0.05, 0) is 60.8 Å². The lowest BCUT2D eigenvalue weighted by Crippen LogP contribution is -2.40. The van der Waals surface area contributed by atoms with Crippen LogP contribution in [0.5, 0.6) is 0 Å². The van der Waals surface area contributed by atoms with Crippen LogP contribution in [0.1, 0.15) is 43.0 Å². The van der Waals surface area contributed by atoms with Gasteiger partial charge in [0.25, 0.3) is 5.91 Å². The topological polar surface area (TPSA) is 29.1 Å². The second-order valence-corrected chi connectivity index (χ2v) is 7.13. The van der Waals surface area contributed by atoms with E-state index in [1.807, 2.05) is 30.3 Å². The van der Waals surface area contributed by atoms with Crippen molar-refractivity contribution >= 4 is 16.7 Å². The highest BCUT2D eigenvalue weighted by Gasteiger charge is 2.42. The molecule has 4 rings (SSSR count). The summed E-state index contributed by atoms with van der Waals surface area (Å²) >= 11 is 0. The summed E-state index contributed by atoms with van der Waals surface area (Å²) in [7, 11) is 0. The summed E-state index contributed by atoms with van der Waals surface area (Å²) in [5.41, 5.74) is 0.799. The normalized spacial score (nSPS) is 28.0. The smallest absolute Gasteiger partial charge is 0.252 e. The van der Waals surface area contributed by atoms with Gasteiger partial charge < -0.3 is 5.32 Å². The molecule has 2 aromatic carbocycles. The molecule has 0 saturated heterocycles. The van der Waals surface area contributed by atoms with E-state index in [0.717, 1.165) is 28.2 Å². The molecule has 2 aromatic rings. The summed E-state index contributed by atoms with van der Waals surface area (Å²) in [6.45, 7) is 2.19. The number of hydrogen-bond donors (Lipinski definition) is 1. The number of benzene rings is 2. The molecule has 1 amide bonds. The summed E-state index contributed by atoms with van der Waals surface area (Å²) < 4.78 is 0. The summed E-state index contributed by atoms with van der Waals surface area (Å²) in [6, 6.07) is 14.4. The third kappa shape index (κ3) is 2.31. The van der Waals surface area contributed by atoms with Crippen LogP contribution in [-0.2, 0) is 0 Å². The van der Waals surface area contributed by atoms with Gasteiger partial charge in [-0.25, -0.2) is 0 Å². The third-order valence-electron chi connectivity index (χ3n) is 5.83. The van der Waals surface area contributed by atoms with Gasteiger partial charge in [0, 0.05) is 11.6 Å². The lowest BCUT2D eigenvalue weighted by Gasteiger charge is -2.28. The Balaban J connectivity index is 1.54. The number of nitrogens with one attached hydrogen (secondary N) is 1. The maximum atomic E-state index is 12.7. The van der Waals surface area contributed by atoms with Crippen LogP contribution in [0.2, 0.25) is 0 Å². The van der Waals surface area contributed by atoms with Gasteiger partial charge in [0.2, 0.25) is 0 Å². The van der Waals surface area contributed by atoms with Crippen molar-refractivity contribution in [2.75, 3.05) is 0 Å². The molecule has 4 atom stereocenters. The van der Waals surface area contributed by atoms with Crippen LogP contribution < -0.4 is 5.32 Å². The number of amides is 1. The molecule has 2 nitrogen and oxygen atoms in total. The van der Waals surface area contributed by atoms with E-state index in [1.54, 1.807) is 0 Å². The van der Waals surface area contributed by atoms with Gasteiger partial charge in [0.15, 0.2) is 0 Å². The fraction of sp³-hybridized carbons (Fsp3) is 0.450. The van der Waals surface area contributed by atoms with Crippen molar-refractivity contribution in [2.24, 2.45) is 17.8 Å². The molecule has 2 heteroatoms. The van der Waals surface area contributed by atoms with Crippen LogP contribution in [0, 0.1) is 17.8 Å². The fourth-order valence-corrected chi connectivity index (χ4v) is 4.72. The first-order chi connectivity index (χ1) is 10.7. The van der Waals surface area contributed by atoms with E-state index < -0.39 is 0 Å². The molecule has 0 aromatic heterocycles. The van der Waals surface area contributed by atoms with Gasteiger partial charge in [0.05, 0.1) is 0 Å². The molecule has 2 saturated carbocycles. The van der Waals surface area contributed by atoms with Gasteiger partial charge in [-0.2, -0.15) is 0 Å². The van der Waals surface area contributed by atoms with Crippen LogP contribution in [-0.4, -0.2) is 11.9 Å². The minimum atomic E-state index is 0.0760. The monoisotopic (exact) mass is 293 g/mol. The minimum absolute atomic E-state index is 0.0760. The zero-order valence-corrected chi connectivity index (χ0v) is 13.1. The van der Waals surface area contributed by atoms with Crippen molar-refractivity contribution in [3.63, 3.8) is 0 Å². The number of hydrogen-bond acceptors (Lipinski definition) is 1. The van der Waals surface area contributed by atoms with E-state index in [1.165, 1.54) is 25.7 Å². The number of rotatable bonds is 3. The van der Waals surface area contributed by atoms with E-state index in [0.29, 0.717) is 5.92 Å². The van der Waals surface area contributed by atoms with E-state index in [9.17, 15) is 4.79 Å². The molecule has 2 fully saturated rings. The molecular formula is C20H23NO. The standard InChI is InChI=1S/C20H23NO/c1-13(19-12-14-9-10-16(19)11-14)21-20(22)18-8-4-6-15-5-2-3-7-17(15)18/h2-8,13-14,16,19H,9-12H2,1H3,(H,21,22)/t13-,14+,16+,19+/m1/s1. The second-order valence-electron chi connectivity index (χ2n) is 7.13. The van der Waals surface area contributed by atoms with Gasteiger partial charge in [-0.1, -0.05) is 42.8 Å². The Hall–Kier alpha value is -1.83. The molecule has 22 heavy (non-hydrogen) atoms. The lowest BCUT2D eigenvalue weighted by atomic mass is 9.84. The third-order valence-corrected chi connectivity index (χ3v) is 5.83. The van der Waals surface area contributed by atoms with Crippen LogP contribution in [0.25, 0.3) is 10.8 Å². The number of carbonyl (C=O) groups is 1. The fourth-order valence-electron chi connectivity index (χ4n) is 4.72. The van der Waals surface area contributed by atoms with Crippen LogP contribution in [0.4, 0.5) is 0 Å². The van der Waals surface area contributed by atoms with Crippen molar-refractivity contribution in [3.8, 4) is 0 Å². The second kappa shape index (κ2) is 5.42. The minimum Gasteiger partial charge on any atom is -0.349 e. The van der Waals surface area contributed by atoms with Crippen molar-refractivity contribution in [3.05, 3.63) is 48.0 Å². The summed E-state index contributed by atoms with van der Waals surface area (Å²) in [5, 5.41) is 5.45. The Bertz CT molecular complexity index is 702. The van der Waals surface area contributed by atoms with E-state index in [2.05, 4.69) is 24.4 Å². The Morgan fingerprint density at radius 3 is 2.68 bits per heavy atom. The summed E-state index contributed by atoms with van der Waals surface area (Å²) in [6.07, 6.45) is 5.47. The average molecular weight is 293 g/mol. The van der Waals surface area contributed by atoms with Crippen molar-refractivity contribution < 1.29 is 4.79 Å². The van der Waals surface area contributed by atoms with E-state index in [-0.39, 0.29) is 11.9 Å². The van der Waals surface area contributed by atoms with Crippen molar-refractivity contribution in [1.29, 1.82) is 0 Å². The first-order valence-corrected chi connectivity index (χ1v) is 8.51. The average Bonchev–Trinajstić information content (AvgIpc) is 3.17. The maximum Gasteiger partial charge on any atom is 0.252 e. The van der Waals surface area contributed by atoms with E-state index in [4.69, 9.17) is 0 Å². The number of fused-ring (bicyclic) bond motifs is 3. The van der Waals surface area contributed by atoms with Gasteiger partial charge in [0.1, 0.15) is 0 Å². The first kappa shape index (κ1) is 13.8. The molecule has 2 aliphatic rings. The van der Waals surface area contributed by atoms with Gasteiger partial charge >= 0.3 is 0 Å². The first-order valence-electron chi connectivity index (χ1n) is 8.51. The lowest BCUT2D eigenvalue weighted by molar-refractivity contribution is 0.0917. The number of carbonyl (C=O) groups excluding carboxylic acids is 1. The van der Waals surface area contributed by atoms with E-state index >= 15 is 0 Å². The molecular weight excluding hydrogens is 270 g/mol. The predicted molar refractivity (Wildman–Crippen MR) is 89.8 cm³/mol. The van der Waals surface area contributed by atoms with Crippen molar-refractivity contribution in [2.45, 2.75) is 38.6 Å². The van der Waals surface area contributed by atoms with Crippen molar-refractivity contribution in [1.82, 2.24) is 5.32 Å². The Labute approximate surface area is 131 Å². The summed E-state index contributed by atoms with van der Waals surface area (Å²) in [5.74, 6) is 2.52. The molecule has 0 aliphatic heterocycles. The van der Waals surface area contributed by atoms with Crippen LogP contribution in [0.3, 0.4) is 0 Å². The molecule has 0 radical (unpaired) electrons. The Kier molecular flexibility index (Phi) is 3.40. The highest BCUT2D eigenvalue weighted by molar-refractivity contribution is 6.07. The zero-order chi connectivity index (χ0) is 15.1. The molecule has 114 valence electrons. The maximum absolute atomic E-state index is 12.7. The Morgan fingerprint density at radius 2 is 1.91 bits per heavy atom. The molecule has 0 heterocycles. The molecule has 2 bridgehead atoms. The largest absolute Gasteiger partial charge is 0.349 e. The Morgan fingerprint density at radius 1 is 1.09 bits per heavy atom. The summed E-state index contributed by atoms with van der Waals surface area (Å²) in [4.78, 5) is 12.7. The molecule has 2 aliphatic carbocycles. The highest BCUT2D eigenvalue weighted by atomic mass is 16.1. The van der Waals surface area contributed by atoms with Gasteiger partial charge in [-0.15, -0.1) is 0 Å².